The normalized spacial score (nSPS) is 15.4. The number of carbonyl (C=O) groups is 1. The van der Waals surface area contributed by atoms with Crippen molar-refractivity contribution in [1.29, 1.82) is 0 Å². The zero-order valence-electron chi connectivity index (χ0n) is 13.3. The summed E-state index contributed by atoms with van der Waals surface area (Å²) in [6, 6.07) is 9.97. The summed E-state index contributed by atoms with van der Waals surface area (Å²) in [6.07, 6.45) is 3.45. The molecule has 0 bridgehead atoms. The molecule has 1 heterocycles. The number of hydrogen-bond donors (Lipinski definition) is 1. The van der Waals surface area contributed by atoms with Gasteiger partial charge in [0.15, 0.2) is 0 Å². The van der Waals surface area contributed by atoms with E-state index < -0.39 is 0 Å². The van der Waals surface area contributed by atoms with E-state index in [1.54, 1.807) is 0 Å². The van der Waals surface area contributed by atoms with Crippen LogP contribution in [0.15, 0.2) is 30.3 Å². The molecule has 0 saturated carbocycles. The van der Waals surface area contributed by atoms with Gasteiger partial charge in [0.25, 0.3) is 0 Å². The van der Waals surface area contributed by atoms with E-state index in [-0.39, 0.29) is 24.9 Å². The van der Waals surface area contributed by atoms with Gasteiger partial charge in [-0.1, -0.05) is 30.3 Å². The summed E-state index contributed by atoms with van der Waals surface area (Å²) in [5.41, 5.74) is 1.11. The fraction of sp³-hybridized carbons (Fsp3) is 0.588. The summed E-state index contributed by atoms with van der Waals surface area (Å²) in [5, 5.41) is 3.19. The van der Waals surface area contributed by atoms with E-state index >= 15 is 0 Å². The molecule has 1 N–H and O–H groups in total. The van der Waals surface area contributed by atoms with E-state index in [2.05, 4.69) is 5.32 Å². The zero-order chi connectivity index (χ0) is 14.9. The van der Waals surface area contributed by atoms with Gasteiger partial charge in [-0.3, -0.25) is 4.79 Å². The molecule has 0 spiro atoms. The standard InChI is InChI=1S/C17H26N2O2.ClH/c1-18-10-7-15-8-11-19(12-9-15)17(20)14-21-13-16-5-3-2-4-6-16;/h2-6,15,18H,7-14H2,1H3;1H. The lowest BCUT2D eigenvalue weighted by Crippen LogP contribution is -2.40. The van der Waals surface area contributed by atoms with E-state index in [9.17, 15) is 4.79 Å². The first-order chi connectivity index (χ1) is 10.3. The molecule has 1 aliphatic heterocycles. The predicted octanol–water partition coefficient (Wildman–Crippen LogP) is 2.47. The summed E-state index contributed by atoms with van der Waals surface area (Å²) in [6.45, 7) is 3.52. The third-order valence-corrected chi connectivity index (χ3v) is 4.11. The topological polar surface area (TPSA) is 41.6 Å². The number of nitrogens with one attached hydrogen (secondary N) is 1. The summed E-state index contributed by atoms with van der Waals surface area (Å²) < 4.78 is 5.53. The molecule has 0 radical (unpaired) electrons. The van der Waals surface area contributed by atoms with Crippen molar-refractivity contribution in [2.45, 2.75) is 25.9 Å². The molecule has 0 aliphatic carbocycles. The molecule has 1 aromatic rings. The summed E-state index contributed by atoms with van der Waals surface area (Å²) in [5.74, 6) is 0.879. The Hall–Kier alpha value is -1.10. The molecule has 124 valence electrons. The molecular formula is C17H27ClN2O2. The molecule has 5 heteroatoms. The number of likely N-dealkylation sites (tertiary alicyclic amines) is 1. The van der Waals surface area contributed by atoms with Gasteiger partial charge < -0.3 is 15.0 Å². The Morgan fingerprint density at radius 2 is 1.95 bits per heavy atom. The molecule has 1 aliphatic rings. The minimum atomic E-state index is 0. The molecule has 1 amide bonds. The van der Waals surface area contributed by atoms with Crippen LogP contribution in [-0.2, 0) is 16.1 Å². The molecule has 2 rings (SSSR count). The smallest absolute Gasteiger partial charge is 0.248 e. The fourth-order valence-corrected chi connectivity index (χ4v) is 2.74. The Labute approximate surface area is 139 Å². The van der Waals surface area contributed by atoms with Gasteiger partial charge in [0, 0.05) is 13.1 Å². The lowest BCUT2D eigenvalue weighted by atomic mass is 9.93. The summed E-state index contributed by atoms with van der Waals surface area (Å²) >= 11 is 0. The third kappa shape index (κ3) is 6.34. The van der Waals surface area contributed by atoms with Crippen molar-refractivity contribution in [2.75, 3.05) is 33.3 Å². The van der Waals surface area contributed by atoms with Gasteiger partial charge in [0.2, 0.25) is 5.91 Å². The van der Waals surface area contributed by atoms with Crippen molar-refractivity contribution < 1.29 is 9.53 Å². The highest BCUT2D eigenvalue weighted by atomic mass is 35.5. The summed E-state index contributed by atoms with van der Waals surface area (Å²) in [7, 11) is 1.99. The minimum Gasteiger partial charge on any atom is -0.367 e. The Morgan fingerprint density at radius 3 is 2.59 bits per heavy atom. The van der Waals surface area contributed by atoms with Gasteiger partial charge in [-0.15, -0.1) is 12.4 Å². The van der Waals surface area contributed by atoms with Crippen molar-refractivity contribution in [1.82, 2.24) is 10.2 Å². The van der Waals surface area contributed by atoms with Crippen LogP contribution in [0.2, 0.25) is 0 Å². The fourth-order valence-electron chi connectivity index (χ4n) is 2.74. The maximum Gasteiger partial charge on any atom is 0.248 e. The number of halogens is 1. The van der Waals surface area contributed by atoms with Crippen LogP contribution in [0.1, 0.15) is 24.8 Å². The Kier molecular flexibility index (Phi) is 9.13. The van der Waals surface area contributed by atoms with E-state index in [1.165, 1.54) is 6.42 Å². The van der Waals surface area contributed by atoms with Crippen molar-refractivity contribution in [2.24, 2.45) is 5.92 Å². The first kappa shape index (κ1) is 18.9. The highest BCUT2D eigenvalue weighted by Crippen LogP contribution is 2.20. The van der Waals surface area contributed by atoms with Gasteiger partial charge in [0.05, 0.1) is 6.61 Å². The third-order valence-electron chi connectivity index (χ3n) is 4.11. The number of benzene rings is 1. The van der Waals surface area contributed by atoms with Gasteiger partial charge in [-0.25, -0.2) is 0 Å². The summed E-state index contributed by atoms with van der Waals surface area (Å²) in [4.78, 5) is 14.0. The number of rotatable bonds is 7. The SMILES string of the molecule is CNCCC1CCN(C(=O)COCc2ccccc2)CC1.Cl. The largest absolute Gasteiger partial charge is 0.367 e. The molecule has 22 heavy (non-hydrogen) atoms. The molecule has 1 fully saturated rings. The Bertz CT molecular complexity index is 420. The lowest BCUT2D eigenvalue weighted by Gasteiger charge is -2.32. The second-order valence-corrected chi connectivity index (χ2v) is 5.69. The Morgan fingerprint density at radius 1 is 1.27 bits per heavy atom. The second kappa shape index (κ2) is 10.6. The van der Waals surface area contributed by atoms with E-state index in [0.717, 1.165) is 44.0 Å². The van der Waals surface area contributed by atoms with Crippen LogP contribution in [0.25, 0.3) is 0 Å². The van der Waals surface area contributed by atoms with Gasteiger partial charge in [-0.05, 0) is 44.3 Å². The molecule has 0 aromatic heterocycles. The first-order valence-corrected chi connectivity index (χ1v) is 7.83. The average molecular weight is 327 g/mol. The first-order valence-electron chi connectivity index (χ1n) is 7.83. The number of ether oxygens (including phenoxy) is 1. The van der Waals surface area contributed by atoms with Gasteiger partial charge in [0.1, 0.15) is 6.61 Å². The second-order valence-electron chi connectivity index (χ2n) is 5.69. The molecular weight excluding hydrogens is 300 g/mol. The van der Waals surface area contributed by atoms with Gasteiger partial charge >= 0.3 is 0 Å². The van der Waals surface area contributed by atoms with Crippen LogP contribution < -0.4 is 5.32 Å². The average Bonchev–Trinajstić information content (AvgIpc) is 2.54. The molecule has 1 aromatic carbocycles. The molecule has 0 unspecified atom stereocenters. The van der Waals surface area contributed by atoms with E-state index in [4.69, 9.17) is 4.74 Å². The maximum atomic E-state index is 12.1. The monoisotopic (exact) mass is 326 g/mol. The molecule has 4 nitrogen and oxygen atoms in total. The molecule has 1 saturated heterocycles. The number of carbonyl (C=O) groups excluding carboxylic acids is 1. The van der Waals surface area contributed by atoms with E-state index in [0.29, 0.717) is 6.61 Å². The zero-order valence-corrected chi connectivity index (χ0v) is 14.1. The van der Waals surface area contributed by atoms with Crippen LogP contribution in [0, 0.1) is 5.92 Å². The molecule has 0 atom stereocenters. The minimum absolute atomic E-state index is 0. The number of piperidine rings is 1. The number of nitrogens with zero attached hydrogens (tertiary/aromatic N) is 1. The van der Waals surface area contributed by atoms with Crippen LogP contribution >= 0.6 is 12.4 Å². The van der Waals surface area contributed by atoms with Gasteiger partial charge in [-0.2, -0.15) is 0 Å². The maximum absolute atomic E-state index is 12.1. The lowest BCUT2D eigenvalue weighted by molar-refractivity contribution is -0.138. The predicted molar refractivity (Wildman–Crippen MR) is 91.2 cm³/mol. The van der Waals surface area contributed by atoms with Crippen LogP contribution in [0.4, 0.5) is 0 Å². The number of hydrogen-bond acceptors (Lipinski definition) is 3. The quantitative estimate of drug-likeness (QED) is 0.837. The van der Waals surface area contributed by atoms with Crippen LogP contribution in [0.5, 0.6) is 0 Å². The van der Waals surface area contributed by atoms with Crippen molar-refractivity contribution in [3.05, 3.63) is 35.9 Å². The van der Waals surface area contributed by atoms with Crippen molar-refractivity contribution >= 4 is 18.3 Å². The highest BCUT2D eigenvalue weighted by molar-refractivity contribution is 5.85. The van der Waals surface area contributed by atoms with Crippen LogP contribution in [-0.4, -0.2) is 44.1 Å². The Balaban J connectivity index is 0.00000242. The van der Waals surface area contributed by atoms with Crippen LogP contribution in [0.3, 0.4) is 0 Å². The number of amides is 1. The highest BCUT2D eigenvalue weighted by Gasteiger charge is 2.22. The van der Waals surface area contributed by atoms with Crippen molar-refractivity contribution in [3.63, 3.8) is 0 Å². The van der Waals surface area contributed by atoms with E-state index in [1.807, 2.05) is 42.3 Å². The van der Waals surface area contributed by atoms with Crippen molar-refractivity contribution in [3.8, 4) is 0 Å².